The number of nitriles is 1. The molecule has 2 N–H and O–H groups in total. The third kappa shape index (κ3) is 5.14. The molecule has 186 valence electrons. The molecule has 4 heterocycles. The molecule has 4 aromatic rings. The zero-order valence-corrected chi connectivity index (χ0v) is 20.4. The van der Waals surface area contributed by atoms with Gasteiger partial charge >= 0.3 is 0 Å². The Morgan fingerprint density at radius 2 is 2.08 bits per heavy atom. The molecule has 3 aromatic heterocycles. The summed E-state index contributed by atoms with van der Waals surface area (Å²) in [6.45, 7) is 3.85. The van der Waals surface area contributed by atoms with Crippen molar-refractivity contribution in [1.82, 2.24) is 34.4 Å². The van der Waals surface area contributed by atoms with Gasteiger partial charge in [-0.1, -0.05) is 12.1 Å². The van der Waals surface area contributed by atoms with Crippen LogP contribution >= 0.6 is 0 Å². The number of sulfonamides is 1. The Labute approximate surface area is 208 Å². The van der Waals surface area contributed by atoms with Gasteiger partial charge in [0.1, 0.15) is 12.0 Å². The van der Waals surface area contributed by atoms with Crippen molar-refractivity contribution in [3.8, 4) is 17.3 Å². The smallest absolute Gasteiger partial charge is 0.240 e. The van der Waals surface area contributed by atoms with E-state index in [9.17, 15) is 13.7 Å². The third-order valence-corrected chi connectivity index (χ3v) is 7.67. The lowest BCUT2D eigenvalue weighted by atomic mass is 10.0. The van der Waals surface area contributed by atoms with E-state index in [0.717, 1.165) is 35.4 Å². The van der Waals surface area contributed by atoms with Crippen molar-refractivity contribution >= 4 is 21.1 Å². The van der Waals surface area contributed by atoms with Gasteiger partial charge in [0.05, 0.1) is 48.5 Å². The van der Waals surface area contributed by atoms with Crippen molar-refractivity contribution in [2.75, 3.05) is 39.4 Å². The number of morpholine rings is 1. The number of rotatable bonds is 9. The van der Waals surface area contributed by atoms with Gasteiger partial charge in [0.25, 0.3) is 0 Å². The van der Waals surface area contributed by atoms with Gasteiger partial charge in [0.15, 0.2) is 0 Å². The topological polar surface area (TPSA) is 142 Å². The Morgan fingerprint density at radius 3 is 2.92 bits per heavy atom. The maximum atomic E-state index is 13.0. The first-order valence-electron chi connectivity index (χ1n) is 11.6. The molecule has 1 aliphatic heterocycles. The SMILES string of the molecule is N#CCC(c1cccc(S(=O)(=O)NCCN2CCOCC2)c1)n1cc(-c2ncnc3[nH]ccc23)cn1. The maximum Gasteiger partial charge on any atom is 0.240 e. The molecule has 1 aromatic carbocycles. The number of aromatic amines is 1. The van der Waals surface area contributed by atoms with Gasteiger partial charge in [-0.15, -0.1) is 0 Å². The Hall–Kier alpha value is -3.63. The summed E-state index contributed by atoms with van der Waals surface area (Å²) in [6.07, 6.45) is 6.91. The highest BCUT2D eigenvalue weighted by atomic mass is 32.2. The van der Waals surface area contributed by atoms with E-state index in [0.29, 0.717) is 31.9 Å². The first-order chi connectivity index (χ1) is 17.5. The Morgan fingerprint density at radius 1 is 1.22 bits per heavy atom. The van der Waals surface area contributed by atoms with Crippen molar-refractivity contribution in [2.24, 2.45) is 0 Å². The van der Waals surface area contributed by atoms with Crippen molar-refractivity contribution in [1.29, 1.82) is 5.26 Å². The minimum Gasteiger partial charge on any atom is -0.379 e. The van der Waals surface area contributed by atoms with Crippen LogP contribution in [-0.4, -0.2) is 77.4 Å². The van der Waals surface area contributed by atoms with Crippen LogP contribution in [0.15, 0.2) is 60.1 Å². The highest BCUT2D eigenvalue weighted by molar-refractivity contribution is 7.89. The van der Waals surface area contributed by atoms with Crippen LogP contribution < -0.4 is 4.72 Å². The lowest BCUT2D eigenvalue weighted by molar-refractivity contribution is 0.0390. The van der Waals surface area contributed by atoms with E-state index in [1.54, 1.807) is 35.3 Å². The molecule has 0 saturated carbocycles. The minimum absolute atomic E-state index is 0.123. The lowest BCUT2D eigenvalue weighted by Crippen LogP contribution is -2.41. The van der Waals surface area contributed by atoms with E-state index in [1.165, 1.54) is 6.33 Å². The Balaban J connectivity index is 1.36. The molecule has 11 nitrogen and oxygen atoms in total. The number of fused-ring (bicyclic) bond motifs is 1. The molecule has 0 radical (unpaired) electrons. The molecule has 1 saturated heterocycles. The monoisotopic (exact) mass is 506 g/mol. The maximum absolute atomic E-state index is 13.0. The van der Waals surface area contributed by atoms with Crippen molar-refractivity contribution in [3.05, 3.63) is 60.8 Å². The van der Waals surface area contributed by atoms with Crippen LogP contribution in [0, 0.1) is 11.3 Å². The number of hydrogen-bond donors (Lipinski definition) is 2. The number of hydrogen-bond acceptors (Lipinski definition) is 8. The second-order valence-corrected chi connectivity index (χ2v) is 10.2. The van der Waals surface area contributed by atoms with E-state index in [-0.39, 0.29) is 11.3 Å². The lowest BCUT2D eigenvalue weighted by Gasteiger charge is -2.26. The van der Waals surface area contributed by atoms with E-state index in [4.69, 9.17) is 4.74 Å². The summed E-state index contributed by atoms with van der Waals surface area (Å²) in [5.74, 6) is 0. The van der Waals surface area contributed by atoms with Crippen molar-refractivity contribution in [2.45, 2.75) is 17.4 Å². The van der Waals surface area contributed by atoms with E-state index >= 15 is 0 Å². The second kappa shape index (κ2) is 10.5. The van der Waals surface area contributed by atoms with Gasteiger partial charge in [0, 0.05) is 49.5 Å². The van der Waals surface area contributed by atoms with Crippen LogP contribution in [0.5, 0.6) is 0 Å². The summed E-state index contributed by atoms with van der Waals surface area (Å²) in [5.41, 5.74) is 2.90. The summed E-state index contributed by atoms with van der Waals surface area (Å²) in [7, 11) is -3.71. The molecule has 1 aliphatic rings. The summed E-state index contributed by atoms with van der Waals surface area (Å²) < 4.78 is 35.6. The van der Waals surface area contributed by atoms with Gasteiger partial charge < -0.3 is 9.72 Å². The molecule has 0 aliphatic carbocycles. The minimum atomic E-state index is -3.71. The van der Waals surface area contributed by atoms with Crippen LogP contribution in [0.1, 0.15) is 18.0 Å². The summed E-state index contributed by atoms with van der Waals surface area (Å²) in [4.78, 5) is 14.0. The molecule has 0 spiro atoms. The fourth-order valence-electron chi connectivity index (χ4n) is 4.32. The fraction of sp³-hybridized carbons (Fsp3) is 0.333. The van der Waals surface area contributed by atoms with Crippen LogP contribution in [0.4, 0.5) is 0 Å². The average Bonchev–Trinajstić information content (AvgIpc) is 3.58. The molecule has 1 unspecified atom stereocenters. The largest absolute Gasteiger partial charge is 0.379 e. The van der Waals surface area contributed by atoms with Crippen molar-refractivity contribution < 1.29 is 13.2 Å². The van der Waals surface area contributed by atoms with Gasteiger partial charge in [-0.25, -0.2) is 23.1 Å². The zero-order chi connectivity index (χ0) is 25.0. The van der Waals surface area contributed by atoms with Crippen LogP contribution in [-0.2, 0) is 14.8 Å². The Bertz CT molecular complexity index is 1480. The molecule has 1 atom stereocenters. The predicted molar refractivity (Wildman–Crippen MR) is 132 cm³/mol. The number of aromatic nitrogens is 5. The normalized spacial score (nSPS) is 15.6. The van der Waals surface area contributed by atoms with E-state index in [1.807, 2.05) is 18.3 Å². The third-order valence-electron chi connectivity index (χ3n) is 6.21. The molecule has 36 heavy (non-hydrogen) atoms. The molecular formula is C24H26N8O3S. The highest BCUT2D eigenvalue weighted by Crippen LogP contribution is 2.28. The van der Waals surface area contributed by atoms with E-state index < -0.39 is 16.1 Å². The van der Waals surface area contributed by atoms with Crippen LogP contribution in [0.2, 0.25) is 0 Å². The molecule has 5 rings (SSSR count). The number of nitrogens with one attached hydrogen (secondary N) is 2. The molecular weight excluding hydrogens is 480 g/mol. The van der Waals surface area contributed by atoms with Gasteiger partial charge in [-0.3, -0.25) is 9.58 Å². The zero-order valence-electron chi connectivity index (χ0n) is 19.5. The number of H-pyrrole nitrogens is 1. The number of nitrogens with zero attached hydrogens (tertiary/aromatic N) is 6. The standard InChI is InChI=1S/C24H26N8O3S/c25-6-4-22(32-16-19(15-29-32)23-21-5-7-26-24(21)28-17-27-23)18-2-1-3-20(14-18)36(33,34)30-8-9-31-10-12-35-13-11-31/h1-3,5,7,14-17,22,30H,4,8-13H2,(H,26,27,28). The molecule has 1 fully saturated rings. The van der Waals surface area contributed by atoms with Crippen molar-refractivity contribution in [3.63, 3.8) is 0 Å². The highest BCUT2D eigenvalue weighted by Gasteiger charge is 2.21. The second-order valence-electron chi connectivity index (χ2n) is 8.47. The number of ether oxygens (including phenoxy) is 1. The molecule has 12 heteroatoms. The fourth-order valence-corrected chi connectivity index (χ4v) is 5.39. The van der Waals surface area contributed by atoms with Crippen LogP contribution in [0.25, 0.3) is 22.3 Å². The van der Waals surface area contributed by atoms with Crippen LogP contribution in [0.3, 0.4) is 0 Å². The summed E-state index contributed by atoms with van der Waals surface area (Å²) >= 11 is 0. The van der Waals surface area contributed by atoms with Gasteiger partial charge in [-0.2, -0.15) is 10.4 Å². The van der Waals surface area contributed by atoms with Gasteiger partial charge in [0.2, 0.25) is 10.0 Å². The quantitative estimate of drug-likeness (QED) is 0.351. The predicted octanol–water partition coefficient (Wildman–Crippen LogP) is 1.93. The average molecular weight is 507 g/mol. The first kappa shape index (κ1) is 24.1. The number of benzene rings is 1. The molecule has 0 bridgehead atoms. The van der Waals surface area contributed by atoms with Gasteiger partial charge in [-0.05, 0) is 23.8 Å². The van der Waals surface area contributed by atoms with E-state index in [2.05, 4.69) is 35.7 Å². The summed E-state index contributed by atoms with van der Waals surface area (Å²) in [6, 6.07) is 10.3. The molecule has 0 amide bonds. The first-order valence-corrected chi connectivity index (χ1v) is 13.1. The Kier molecular flexibility index (Phi) is 7.06. The summed E-state index contributed by atoms with van der Waals surface area (Å²) in [5, 5.41) is 14.9.